The Bertz CT molecular complexity index is 590. The van der Waals surface area contributed by atoms with Gasteiger partial charge < -0.3 is 25.0 Å². The normalized spacial score (nSPS) is 21.7. The largest absolute Gasteiger partial charge is 0.486 e. The molecule has 3 rings (SSSR count). The Morgan fingerprint density at radius 2 is 2.09 bits per heavy atom. The molecule has 7 nitrogen and oxygen atoms in total. The predicted octanol–water partition coefficient (Wildman–Crippen LogP) is -1.20. The summed E-state index contributed by atoms with van der Waals surface area (Å²) in [6, 6.07) is 5.04. The maximum Gasteiger partial charge on any atom is 0.282 e. The smallest absolute Gasteiger partial charge is 0.282 e. The van der Waals surface area contributed by atoms with Crippen molar-refractivity contribution in [1.82, 2.24) is 5.32 Å². The minimum atomic E-state index is -0.292. The highest BCUT2D eigenvalue weighted by Crippen LogP contribution is 2.32. The molecule has 2 atom stereocenters. The average Bonchev–Trinajstić information content (AvgIpc) is 2.54. The quantitative estimate of drug-likeness (QED) is 0.655. The van der Waals surface area contributed by atoms with Crippen molar-refractivity contribution in [3.8, 4) is 11.5 Å². The van der Waals surface area contributed by atoms with Crippen LogP contribution in [0.15, 0.2) is 18.2 Å². The number of carbonyl (C=O) groups is 2. The Hall–Kier alpha value is -2.28. The predicted molar refractivity (Wildman–Crippen MR) is 79.2 cm³/mol. The van der Waals surface area contributed by atoms with Gasteiger partial charge in [-0.15, -0.1) is 0 Å². The van der Waals surface area contributed by atoms with Gasteiger partial charge in [0.25, 0.3) is 11.8 Å². The number of ether oxygens (including phenoxy) is 2. The molecule has 1 aromatic rings. The lowest BCUT2D eigenvalue weighted by Gasteiger charge is -2.28. The third-order valence-corrected chi connectivity index (χ3v) is 3.97. The number of amides is 2. The number of hydrogen-bond donors (Lipinski definition) is 3. The monoisotopic (exact) mass is 306 g/mol. The van der Waals surface area contributed by atoms with Crippen LogP contribution < -0.4 is 25.0 Å². The zero-order valence-electron chi connectivity index (χ0n) is 12.5. The molecule has 1 aromatic carbocycles. The van der Waals surface area contributed by atoms with Crippen LogP contribution in [0.3, 0.4) is 0 Å². The van der Waals surface area contributed by atoms with Gasteiger partial charge in [0.15, 0.2) is 24.1 Å². The van der Waals surface area contributed by atoms with Crippen molar-refractivity contribution in [2.45, 2.75) is 13.0 Å². The van der Waals surface area contributed by atoms with Crippen LogP contribution in [0.1, 0.15) is 6.92 Å². The number of fused-ring (bicyclic) bond motifs is 1. The Labute approximate surface area is 128 Å². The van der Waals surface area contributed by atoms with E-state index in [4.69, 9.17) is 9.47 Å². The molecule has 1 fully saturated rings. The van der Waals surface area contributed by atoms with Gasteiger partial charge in [-0.1, -0.05) is 0 Å². The molecular weight excluding hydrogens is 286 g/mol. The van der Waals surface area contributed by atoms with Crippen LogP contribution in [0.2, 0.25) is 0 Å². The van der Waals surface area contributed by atoms with Crippen LogP contribution in [-0.4, -0.2) is 50.7 Å². The summed E-state index contributed by atoms with van der Waals surface area (Å²) in [6.07, 6.45) is 0. The van der Waals surface area contributed by atoms with Crippen molar-refractivity contribution in [2.24, 2.45) is 0 Å². The average molecular weight is 306 g/mol. The Balaban J connectivity index is 1.64. The van der Waals surface area contributed by atoms with Gasteiger partial charge in [0.1, 0.15) is 13.2 Å². The van der Waals surface area contributed by atoms with Crippen LogP contribution in [0.5, 0.6) is 11.5 Å². The van der Waals surface area contributed by atoms with Gasteiger partial charge in [-0.25, -0.2) is 0 Å². The zero-order valence-corrected chi connectivity index (χ0v) is 12.5. The van der Waals surface area contributed by atoms with E-state index >= 15 is 0 Å². The molecule has 2 aliphatic rings. The van der Waals surface area contributed by atoms with Crippen molar-refractivity contribution < 1.29 is 24.0 Å². The number of carbonyl (C=O) groups excluding carboxylic acids is 2. The molecule has 0 aromatic heterocycles. The summed E-state index contributed by atoms with van der Waals surface area (Å²) in [5.74, 6) is 1.21. The lowest BCUT2D eigenvalue weighted by molar-refractivity contribution is -0.907. The highest BCUT2D eigenvalue weighted by molar-refractivity contribution is 5.94. The van der Waals surface area contributed by atoms with E-state index in [0.29, 0.717) is 43.5 Å². The minimum absolute atomic E-state index is 0.0137. The molecule has 2 aliphatic heterocycles. The van der Waals surface area contributed by atoms with Crippen molar-refractivity contribution >= 4 is 17.5 Å². The molecular formula is C15H20N3O4+. The second kappa shape index (κ2) is 6.23. The fraction of sp³-hybridized carbons (Fsp3) is 0.467. The molecule has 1 unspecified atom stereocenters. The van der Waals surface area contributed by atoms with E-state index in [1.165, 1.54) is 0 Å². The van der Waals surface area contributed by atoms with Crippen LogP contribution in [0.25, 0.3) is 0 Å². The Kier molecular flexibility index (Phi) is 4.15. The topological polar surface area (TPSA) is 81.1 Å². The molecule has 0 saturated carbocycles. The second-order valence-corrected chi connectivity index (χ2v) is 5.50. The highest BCUT2D eigenvalue weighted by Gasteiger charge is 2.29. The summed E-state index contributed by atoms with van der Waals surface area (Å²) < 4.78 is 11.0. The lowest BCUT2D eigenvalue weighted by Crippen LogP contribution is -3.19. The van der Waals surface area contributed by atoms with Gasteiger partial charge in [0, 0.05) is 11.8 Å². The summed E-state index contributed by atoms with van der Waals surface area (Å²) in [5.41, 5.74) is 0.668. The molecule has 0 bridgehead atoms. The van der Waals surface area contributed by atoms with E-state index in [1.807, 2.05) is 6.92 Å². The van der Waals surface area contributed by atoms with E-state index in [2.05, 4.69) is 10.6 Å². The van der Waals surface area contributed by atoms with Crippen molar-refractivity contribution in [3.05, 3.63) is 18.2 Å². The van der Waals surface area contributed by atoms with Gasteiger partial charge in [0.05, 0.1) is 13.1 Å². The fourth-order valence-electron chi connectivity index (χ4n) is 2.65. The molecule has 118 valence electrons. The van der Waals surface area contributed by atoms with Gasteiger partial charge in [0.2, 0.25) is 0 Å². The van der Waals surface area contributed by atoms with E-state index < -0.39 is 0 Å². The van der Waals surface area contributed by atoms with Gasteiger partial charge >= 0.3 is 0 Å². The number of nitrogens with one attached hydrogen (secondary N) is 3. The molecule has 22 heavy (non-hydrogen) atoms. The molecule has 7 heteroatoms. The van der Waals surface area contributed by atoms with Crippen molar-refractivity contribution in [3.63, 3.8) is 0 Å². The Morgan fingerprint density at radius 1 is 1.32 bits per heavy atom. The number of hydrogen-bond acceptors (Lipinski definition) is 4. The van der Waals surface area contributed by atoms with Crippen molar-refractivity contribution in [1.29, 1.82) is 0 Å². The minimum Gasteiger partial charge on any atom is -0.486 e. The third kappa shape index (κ3) is 3.14. The SMILES string of the molecule is C[C@H](C(=O)Nc1ccc2c(c1)OCCO2)[NH+]1CCNC(=O)C1. The summed E-state index contributed by atoms with van der Waals surface area (Å²) in [5, 5.41) is 5.64. The van der Waals surface area contributed by atoms with E-state index in [9.17, 15) is 9.59 Å². The number of piperazine rings is 1. The fourth-order valence-corrected chi connectivity index (χ4v) is 2.65. The van der Waals surface area contributed by atoms with E-state index in [0.717, 1.165) is 11.4 Å². The molecule has 0 radical (unpaired) electrons. The Morgan fingerprint density at radius 3 is 2.86 bits per heavy atom. The maximum atomic E-state index is 12.4. The lowest BCUT2D eigenvalue weighted by atomic mass is 10.2. The first-order chi connectivity index (χ1) is 10.6. The van der Waals surface area contributed by atoms with Crippen LogP contribution in [0, 0.1) is 0 Å². The summed E-state index contributed by atoms with van der Waals surface area (Å²) in [7, 11) is 0. The van der Waals surface area contributed by atoms with Crippen LogP contribution >= 0.6 is 0 Å². The number of quaternary nitrogens is 1. The van der Waals surface area contributed by atoms with Crippen LogP contribution in [0.4, 0.5) is 5.69 Å². The molecule has 3 N–H and O–H groups in total. The summed E-state index contributed by atoms with van der Waals surface area (Å²) in [6.45, 7) is 4.57. The number of anilines is 1. The van der Waals surface area contributed by atoms with Gasteiger partial charge in [-0.05, 0) is 19.1 Å². The zero-order chi connectivity index (χ0) is 15.5. The highest BCUT2D eigenvalue weighted by atomic mass is 16.6. The summed E-state index contributed by atoms with van der Waals surface area (Å²) in [4.78, 5) is 24.7. The van der Waals surface area contributed by atoms with Gasteiger partial charge in [-0.2, -0.15) is 0 Å². The maximum absolute atomic E-state index is 12.4. The third-order valence-electron chi connectivity index (χ3n) is 3.97. The second-order valence-electron chi connectivity index (χ2n) is 5.50. The molecule has 0 aliphatic carbocycles. The van der Waals surface area contributed by atoms with E-state index in [-0.39, 0.29) is 17.9 Å². The molecule has 2 amide bonds. The summed E-state index contributed by atoms with van der Waals surface area (Å²) >= 11 is 0. The van der Waals surface area contributed by atoms with Crippen LogP contribution in [-0.2, 0) is 9.59 Å². The first-order valence-corrected chi connectivity index (χ1v) is 7.45. The standard InChI is InChI=1S/C15H19N3O4/c1-10(18-5-4-16-14(19)9-18)15(20)17-11-2-3-12-13(8-11)22-7-6-21-12/h2-3,8,10H,4-7,9H2,1H3,(H,16,19)(H,17,20)/p+1/t10-/m1/s1. The van der Waals surface area contributed by atoms with E-state index in [1.54, 1.807) is 18.2 Å². The first kappa shape index (κ1) is 14.6. The van der Waals surface area contributed by atoms with Gasteiger partial charge in [-0.3, -0.25) is 9.59 Å². The number of benzene rings is 1. The van der Waals surface area contributed by atoms with Crippen molar-refractivity contribution in [2.75, 3.05) is 38.2 Å². The molecule has 2 heterocycles. The molecule has 1 saturated heterocycles. The molecule has 0 spiro atoms. The number of rotatable bonds is 3. The first-order valence-electron chi connectivity index (χ1n) is 7.45.